The minimum Gasteiger partial charge on any atom is -0.480 e. The molecule has 4 heteroatoms. The average molecular weight is 256 g/mol. The molecule has 0 saturated carbocycles. The molecule has 3 nitrogen and oxygen atoms in total. The van der Waals surface area contributed by atoms with E-state index in [-0.39, 0.29) is 0 Å². The van der Waals surface area contributed by atoms with Crippen LogP contribution in [0, 0.1) is 0 Å². The Bertz CT molecular complexity index is 364. The van der Waals surface area contributed by atoms with Crippen LogP contribution in [0.2, 0.25) is 5.02 Å². The molecular formula is C13H18ClNO2. The molecule has 0 fully saturated rings. The lowest BCUT2D eigenvalue weighted by molar-refractivity contribution is -0.143. The van der Waals surface area contributed by atoms with Crippen molar-refractivity contribution in [3.63, 3.8) is 0 Å². The van der Waals surface area contributed by atoms with Crippen molar-refractivity contribution in [1.29, 1.82) is 0 Å². The lowest BCUT2D eigenvalue weighted by atomic mass is 10.1. The van der Waals surface area contributed by atoms with Crippen molar-refractivity contribution in [2.45, 2.75) is 32.9 Å². The summed E-state index contributed by atoms with van der Waals surface area (Å²) in [6.07, 6.45) is 0.608. The van der Waals surface area contributed by atoms with Crippen LogP contribution in [0.4, 0.5) is 0 Å². The van der Waals surface area contributed by atoms with Gasteiger partial charge >= 0.3 is 5.97 Å². The van der Waals surface area contributed by atoms with Crippen molar-refractivity contribution in [1.82, 2.24) is 4.90 Å². The molecule has 17 heavy (non-hydrogen) atoms. The first-order chi connectivity index (χ1) is 8.08. The maximum atomic E-state index is 11.1. The molecular weight excluding hydrogens is 238 g/mol. The topological polar surface area (TPSA) is 40.5 Å². The van der Waals surface area contributed by atoms with Crippen LogP contribution in [0.15, 0.2) is 24.3 Å². The highest BCUT2D eigenvalue weighted by molar-refractivity contribution is 6.30. The Morgan fingerprint density at radius 3 is 2.35 bits per heavy atom. The van der Waals surface area contributed by atoms with Gasteiger partial charge in [-0.3, -0.25) is 9.69 Å². The third kappa shape index (κ3) is 4.02. The summed E-state index contributed by atoms with van der Waals surface area (Å²) in [6.45, 7) is 5.22. The summed E-state index contributed by atoms with van der Waals surface area (Å²) in [7, 11) is 0. The molecule has 1 N–H and O–H groups in total. The largest absolute Gasteiger partial charge is 0.480 e. The van der Waals surface area contributed by atoms with Crippen molar-refractivity contribution in [2.24, 2.45) is 0 Å². The molecule has 94 valence electrons. The summed E-state index contributed by atoms with van der Waals surface area (Å²) in [5.41, 5.74) is 1.08. The fourth-order valence-electron chi connectivity index (χ4n) is 1.86. The third-order valence-corrected chi connectivity index (χ3v) is 3.07. The van der Waals surface area contributed by atoms with E-state index in [4.69, 9.17) is 16.7 Å². The van der Waals surface area contributed by atoms with E-state index in [0.717, 1.165) is 5.56 Å². The van der Waals surface area contributed by atoms with Crippen LogP contribution in [-0.4, -0.2) is 28.6 Å². The molecule has 0 amide bonds. The lowest BCUT2D eigenvalue weighted by Crippen LogP contribution is -2.40. The highest BCUT2D eigenvalue weighted by Gasteiger charge is 2.22. The maximum absolute atomic E-state index is 11.1. The zero-order valence-corrected chi connectivity index (χ0v) is 10.9. The van der Waals surface area contributed by atoms with Crippen molar-refractivity contribution < 1.29 is 9.90 Å². The quantitative estimate of drug-likeness (QED) is 0.850. The first-order valence-electron chi connectivity index (χ1n) is 5.79. The fourth-order valence-corrected chi connectivity index (χ4v) is 1.98. The Kier molecular flexibility index (Phi) is 5.45. The zero-order valence-electron chi connectivity index (χ0n) is 10.2. The number of hydrogen-bond donors (Lipinski definition) is 1. The zero-order chi connectivity index (χ0) is 12.8. The Morgan fingerprint density at radius 2 is 1.94 bits per heavy atom. The van der Waals surface area contributed by atoms with Crippen LogP contribution >= 0.6 is 11.6 Å². The number of nitrogens with zero attached hydrogens (tertiary/aromatic N) is 1. The van der Waals surface area contributed by atoms with Crippen molar-refractivity contribution in [3.05, 3.63) is 34.9 Å². The van der Waals surface area contributed by atoms with Crippen molar-refractivity contribution >= 4 is 17.6 Å². The molecule has 0 bridgehead atoms. The van der Waals surface area contributed by atoms with Crippen LogP contribution in [0.5, 0.6) is 0 Å². The third-order valence-electron chi connectivity index (χ3n) is 2.82. The number of likely N-dealkylation sites (N-methyl/N-ethyl adjacent to an activating group) is 1. The summed E-state index contributed by atoms with van der Waals surface area (Å²) < 4.78 is 0. The summed E-state index contributed by atoms with van der Waals surface area (Å²) in [6, 6.07) is 7.09. The molecule has 1 aromatic carbocycles. The summed E-state index contributed by atoms with van der Waals surface area (Å²) in [5.74, 6) is -0.761. The molecule has 0 heterocycles. The van der Waals surface area contributed by atoms with Gasteiger partial charge in [-0.05, 0) is 30.7 Å². The molecule has 1 atom stereocenters. The molecule has 1 rings (SSSR count). The number of carbonyl (C=O) groups is 1. The summed E-state index contributed by atoms with van der Waals surface area (Å²) in [4.78, 5) is 13.1. The van der Waals surface area contributed by atoms with Gasteiger partial charge in [-0.15, -0.1) is 0 Å². The van der Waals surface area contributed by atoms with E-state index in [9.17, 15) is 4.79 Å². The number of rotatable bonds is 6. The van der Waals surface area contributed by atoms with E-state index < -0.39 is 12.0 Å². The van der Waals surface area contributed by atoms with Gasteiger partial charge in [0.15, 0.2) is 0 Å². The highest BCUT2D eigenvalue weighted by Crippen LogP contribution is 2.14. The Labute approximate surface area is 107 Å². The molecule has 1 unspecified atom stereocenters. The van der Waals surface area contributed by atoms with E-state index in [2.05, 4.69) is 0 Å². The Morgan fingerprint density at radius 1 is 1.35 bits per heavy atom. The number of carboxylic acids is 1. The first kappa shape index (κ1) is 14.0. The number of benzene rings is 1. The van der Waals surface area contributed by atoms with Gasteiger partial charge in [-0.2, -0.15) is 0 Å². The molecule has 0 aromatic heterocycles. The Balaban J connectivity index is 2.75. The molecule has 0 saturated heterocycles. The minimum atomic E-state index is -0.761. The normalized spacial score (nSPS) is 12.7. The van der Waals surface area contributed by atoms with Gasteiger partial charge < -0.3 is 5.11 Å². The van der Waals surface area contributed by atoms with Crippen molar-refractivity contribution in [2.75, 3.05) is 6.54 Å². The van der Waals surface area contributed by atoms with Gasteiger partial charge in [0.2, 0.25) is 0 Å². The summed E-state index contributed by atoms with van der Waals surface area (Å²) in [5, 5.41) is 9.83. The molecule has 0 aliphatic rings. The van der Waals surface area contributed by atoms with Crippen LogP contribution in [-0.2, 0) is 11.3 Å². The molecule has 0 aliphatic carbocycles. The van der Waals surface area contributed by atoms with Gasteiger partial charge in [-0.1, -0.05) is 37.6 Å². The number of halogens is 1. The summed E-state index contributed by atoms with van der Waals surface area (Å²) >= 11 is 5.81. The van der Waals surface area contributed by atoms with Crippen LogP contribution in [0.1, 0.15) is 25.8 Å². The second-order valence-electron chi connectivity index (χ2n) is 3.95. The average Bonchev–Trinajstić information content (AvgIpc) is 2.31. The Hall–Kier alpha value is -1.06. The monoisotopic (exact) mass is 255 g/mol. The smallest absolute Gasteiger partial charge is 0.320 e. The predicted molar refractivity (Wildman–Crippen MR) is 69.3 cm³/mol. The molecule has 0 radical (unpaired) electrons. The van der Waals surface area contributed by atoms with E-state index >= 15 is 0 Å². The second kappa shape index (κ2) is 6.62. The van der Waals surface area contributed by atoms with E-state index in [1.807, 2.05) is 43.0 Å². The molecule has 0 spiro atoms. The van der Waals surface area contributed by atoms with Gasteiger partial charge in [0.05, 0.1) is 0 Å². The van der Waals surface area contributed by atoms with Crippen molar-refractivity contribution in [3.8, 4) is 0 Å². The van der Waals surface area contributed by atoms with E-state index in [1.54, 1.807) is 0 Å². The minimum absolute atomic E-state index is 0.421. The standard InChI is InChI=1S/C13H18ClNO2/c1-3-12(13(16)17)15(4-2)9-10-5-7-11(14)8-6-10/h5-8,12H,3-4,9H2,1-2H3,(H,16,17). The maximum Gasteiger partial charge on any atom is 0.320 e. The van der Waals surface area contributed by atoms with Gasteiger partial charge in [0.25, 0.3) is 0 Å². The van der Waals surface area contributed by atoms with Crippen LogP contribution < -0.4 is 0 Å². The van der Waals surface area contributed by atoms with Crippen LogP contribution in [0.25, 0.3) is 0 Å². The van der Waals surface area contributed by atoms with Gasteiger partial charge in [0.1, 0.15) is 6.04 Å². The van der Waals surface area contributed by atoms with Crippen LogP contribution in [0.3, 0.4) is 0 Å². The highest BCUT2D eigenvalue weighted by atomic mass is 35.5. The number of hydrogen-bond acceptors (Lipinski definition) is 2. The first-order valence-corrected chi connectivity index (χ1v) is 6.17. The van der Waals surface area contributed by atoms with Gasteiger partial charge in [-0.25, -0.2) is 0 Å². The fraction of sp³-hybridized carbons (Fsp3) is 0.462. The molecule has 0 aliphatic heterocycles. The van der Waals surface area contributed by atoms with E-state index in [0.29, 0.717) is 24.5 Å². The number of carboxylic acid groups (broad SMARTS) is 1. The number of aliphatic carboxylic acids is 1. The SMILES string of the molecule is CCC(C(=O)O)N(CC)Cc1ccc(Cl)cc1. The van der Waals surface area contributed by atoms with Gasteiger partial charge in [0, 0.05) is 11.6 Å². The predicted octanol–water partition coefficient (Wildman–Crippen LogP) is 3.03. The molecule has 1 aromatic rings. The van der Waals surface area contributed by atoms with E-state index in [1.165, 1.54) is 0 Å². The lowest BCUT2D eigenvalue weighted by Gasteiger charge is -2.26. The second-order valence-corrected chi connectivity index (χ2v) is 4.39.